The Hall–Kier alpha value is -3.36. The number of rotatable bonds is 6. The van der Waals surface area contributed by atoms with Gasteiger partial charge in [-0.15, -0.1) is 0 Å². The number of methoxy groups -OCH3 is 2. The third-order valence-electron chi connectivity index (χ3n) is 4.72. The highest BCUT2D eigenvalue weighted by atomic mass is 16.5. The van der Waals surface area contributed by atoms with Crippen LogP contribution in [0.3, 0.4) is 0 Å². The van der Waals surface area contributed by atoms with Crippen LogP contribution in [0.1, 0.15) is 52.8 Å². The summed E-state index contributed by atoms with van der Waals surface area (Å²) in [5.74, 6) is -0.554. The van der Waals surface area contributed by atoms with Gasteiger partial charge in [-0.1, -0.05) is 6.42 Å². The molecule has 0 amide bonds. The third-order valence-corrected chi connectivity index (χ3v) is 4.72. The largest absolute Gasteiger partial charge is 0.473 e. The molecule has 2 aromatic rings. The monoisotopic (exact) mass is 400 g/mol. The summed E-state index contributed by atoms with van der Waals surface area (Å²) in [5.41, 5.74) is 7.24. The van der Waals surface area contributed by atoms with Crippen LogP contribution >= 0.6 is 0 Å². The topological polar surface area (TPSA) is 126 Å². The van der Waals surface area contributed by atoms with Gasteiger partial charge in [-0.25, -0.2) is 14.6 Å². The highest BCUT2D eigenvalue weighted by Crippen LogP contribution is 2.31. The van der Waals surface area contributed by atoms with Gasteiger partial charge in [0.2, 0.25) is 5.88 Å². The molecule has 1 aliphatic rings. The first kappa shape index (κ1) is 20.4. The minimum Gasteiger partial charge on any atom is -0.473 e. The van der Waals surface area contributed by atoms with E-state index in [0.29, 0.717) is 17.4 Å². The van der Waals surface area contributed by atoms with Crippen molar-refractivity contribution in [3.8, 4) is 5.88 Å². The minimum atomic E-state index is -0.587. The summed E-state index contributed by atoms with van der Waals surface area (Å²) in [4.78, 5) is 32.2. The second-order valence-corrected chi connectivity index (χ2v) is 6.73. The zero-order valence-corrected chi connectivity index (χ0v) is 16.4. The van der Waals surface area contributed by atoms with Gasteiger partial charge in [0.15, 0.2) is 5.82 Å². The summed E-state index contributed by atoms with van der Waals surface area (Å²) < 4.78 is 15.5. The van der Waals surface area contributed by atoms with E-state index < -0.39 is 11.9 Å². The first-order valence-electron chi connectivity index (χ1n) is 9.37. The number of ether oxygens (including phenoxy) is 3. The number of esters is 2. The minimum absolute atomic E-state index is 0.0855. The molecule has 0 saturated heterocycles. The number of hydrogen-bond donors (Lipinski definition) is 2. The summed E-state index contributed by atoms with van der Waals surface area (Å²) in [5, 5.41) is 3.02. The number of nitrogen functional groups attached to an aromatic ring is 1. The molecule has 0 bridgehead atoms. The lowest BCUT2D eigenvalue weighted by molar-refractivity contribution is 0.0599. The second-order valence-electron chi connectivity index (χ2n) is 6.73. The molecule has 1 aromatic carbocycles. The Bertz CT molecular complexity index is 862. The highest BCUT2D eigenvalue weighted by Gasteiger charge is 2.19. The molecule has 1 heterocycles. The molecule has 0 atom stereocenters. The summed E-state index contributed by atoms with van der Waals surface area (Å²) >= 11 is 0. The molecule has 1 aromatic heterocycles. The van der Waals surface area contributed by atoms with Crippen molar-refractivity contribution in [2.75, 3.05) is 25.3 Å². The number of hydrogen-bond acceptors (Lipinski definition) is 9. The van der Waals surface area contributed by atoms with Gasteiger partial charge in [0, 0.05) is 5.69 Å². The second kappa shape index (κ2) is 9.22. The Labute approximate surface area is 168 Å². The van der Waals surface area contributed by atoms with Crippen molar-refractivity contribution in [3.63, 3.8) is 0 Å². The van der Waals surface area contributed by atoms with E-state index in [-0.39, 0.29) is 22.9 Å². The average molecular weight is 400 g/mol. The van der Waals surface area contributed by atoms with E-state index in [1.807, 2.05) is 0 Å². The Balaban J connectivity index is 1.87. The van der Waals surface area contributed by atoms with Gasteiger partial charge in [0.05, 0.1) is 25.3 Å². The normalized spacial score (nSPS) is 14.1. The maximum Gasteiger partial charge on any atom is 0.337 e. The van der Waals surface area contributed by atoms with Crippen LogP contribution in [-0.4, -0.2) is 42.2 Å². The van der Waals surface area contributed by atoms with Gasteiger partial charge in [0.1, 0.15) is 18.1 Å². The maximum absolute atomic E-state index is 12.0. The molecule has 9 heteroatoms. The number of anilines is 3. The number of carbonyl (C=O) groups is 2. The van der Waals surface area contributed by atoms with Crippen molar-refractivity contribution in [1.29, 1.82) is 0 Å². The molecule has 3 rings (SSSR count). The molecule has 0 spiro atoms. The first-order chi connectivity index (χ1) is 14.0. The van der Waals surface area contributed by atoms with Crippen LogP contribution in [-0.2, 0) is 9.47 Å². The van der Waals surface area contributed by atoms with Crippen LogP contribution in [0.4, 0.5) is 17.2 Å². The Morgan fingerprint density at radius 1 is 1.00 bits per heavy atom. The summed E-state index contributed by atoms with van der Waals surface area (Å²) in [6, 6.07) is 4.45. The molecule has 9 nitrogen and oxygen atoms in total. The smallest absolute Gasteiger partial charge is 0.337 e. The van der Waals surface area contributed by atoms with Gasteiger partial charge in [-0.05, 0) is 43.9 Å². The van der Waals surface area contributed by atoms with E-state index in [4.69, 9.17) is 19.9 Å². The van der Waals surface area contributed by atoms with Crippen LogP contribution in [0.5, 0.6) is 5.88 Å². The van der Waals surface area contributed by atoms with Crippen molar-refractivity contribution in [3.05, 3.63) is 35.7 Å². The van der Waals surface area contributed by atoms with Crippen LogP contribution in [0.2, 0.25) is 0 Å². The van der Waals surface area contributed by atoms with Crippen molar-refractivity contribution in [2.24, 2.45) is 0 Å². The quantitative estimate of drug-likeness (QED) is 0.703. The van der Waals surface area contributed by atoms with Gasteiger partial charge in [-0.2, -0.15) is 4.98 Å². The summed E-state index contributed by atoms with van der Waals surface area (Å²) in [6.45, 7) is 0. The van der Waals surface area contributed by atoms with Gasteiger partial charge in [0.25, 0.3) is 0 Å². The number of nitrogens with two attached hydrogens (primary N) is 1. The fourth-order valence-electron chi connectivity index (χ4n) is 3.22. The van der Waals surface area contributed by atoms with Crippen LogP contribution in [0.25, 0.3) is 0 Å². The molecule has 0 aliphatic heterocycles. The molecule has 1 fully saturated rings. The molecule has 0 unspecified atom stereocenters. The van der Waals surface area contributed by atoms with Crippen molar-refractivity contribution in [2.45, 2.75) is 38.2 Å². The van der Waals surface area contributed by atoms with Crippen molar-refractivity contribution < 1.29 is 23.8 Å². The maximum atomic E-state index is 12.0. The third kappa shape index (κ3) is 4.92. The molecule has 3 N–H and O–H groups in total. The fraction of sp³-hybridized carbons (Fsp3) is 0.400. The van der Waals surface area contributed by atoms with E-state index >= 15 is 0 Å². The molecule has 0 radical (unpaired) electrons. The predicted molar refractivity (Wildman–Crippen MR) is 106 cm³/mol. The zero-order valence-electron chi connectivity index (χ0n) is 16.4. The SMILES string of the molecule is COC(=O)c1cc(Nc2ncnc(OC3CCCCC3)c2N)cc(C(=O)OC)c1. The van der Waals surface area contributed by atoms with E-state index in [1.54, 1.807) is 0 Å². The number of carbonyl (C=O) groups excluding carboxylic acids is 2. The van der Waals surface area contributed by atoms with Gasteiger partial charge >= 0.3 is 11.9 Å². The van der Waals surface area contributed by atoms with Crippen molar-refractivity contribution >= 4 is 29.1 Å². The van der Waals surface area contributed by atoms with E-state index in [2.05, 4.69) is 15.3 Å². The van der Waals surface area contributed by atoms with Gasteiger partial charge in [-0.3, -0.25) is 0 Å². The molecule has 1 saturated carbocycles. The van der Waals surface area contributed by atoms with E-state index in [9.17, 15) is 9.59 Å². The average Bonchev–Trinajstić information content (AvgIpc) is 2.75. The lowest BCUT2D eigenvalue weighted by Crippen LogP contribution is -2.21. The van der Waals surface area contributed by atoms with Crippen LogP contribution in [0, 0.1) is 0 Å². The predicted octanol–water partition coefficient (Wildman–Crippen LogP) is 3.09. The van der Waals surface area contributed by atoms with Crippen LogP contribution < -0.4 is 15.8 Å². The molecule has 1 aliphatic carbocycles. The van der Waals surface area contributed by atoms with E-state index in [0.717, 1.165) is 25.7 Å². The molecule has 154 valence electrons. The summed E-state index contributed by atoms with van der Waals surface area (Å²) in [7, 11) is 2.52. The Morgan fingerprint density at radius 2 is 1.62 bits per heavy atom. The standard InChI is InChI=1S/C20H24N4O5/c1-27-19(25)12-8-13(20(26)28-2)10-14(9-12)24-17-16(21)18(23-11-22-17)29-15-6-4-3-5-7-15/h8-11,15H,3-7,21H2,1-2H3,(H,22,23,24). The molecule has 29 heavy (non-hydrogen) atoms. The Morgan fingerprint density at radius 3 is 2.21 bits per heavy atom. The van der Waals surface area contributed by atoms with Crippen LogP contribution in [0.15, 0.2) is 24.5 Å². The molecular weight excluding hydrogens is 376 g/mol. The highest BCUT2D eigenvalue weighted by molar-refractivity contribution is 5.97. The lowest BCUT2D eigenvalue weighted by atomic mass is 9.98. The zero-order chi connectivity index (χ0) is 20.8. The first-order valence-corrected chi connectivity index (χ1v) is 9.37. The van der Waals surface area contributed by atoms with Gasteiger partial charge < -0.3 is 25.3 Å². The summed E-state index contributed by atoms with van der Waals surface area (Å²) in [6.07, 6.45) is 6.83. The number of aromatic nitrogens is 2. The number of benzene rings is 1. The molecular formula is C20H24N4O5. The van der Waals surface area contributed by atoms with Crippen molar-refractivity contribution in [1.82, 2.24) is 9.97 Å². The van der Waals surface area contributed by atoms with E-state index in [1.165, 1.54) is 45.2 Å². The number of nitrogens with one attached hydrogen (secondary N) is 1. The lowest BCUT2D eigenvalue weighted by Gasteiger charge is -2.23. The number of nitrogens with zero attached hydrogens (tertiary/aromatic N) is 2. The Kier molecular flexibility index (Phi) is 6.48. The fourth-order valence-corrected chi connectivity index (χ4v) is 3.22.